The number of anilines is 2. The van der Waals surface area contributed by atoms with Crippen molar-refractivity contribution < 1.29 is 41.0 Å². The molecule has 0 aliphatic carbocycles. The first-order chi connectivity index (χ1) is 25.6. The SMILES string of the molecule is Cc1ccc(C(=O)O)cc1I.Cc1cn(-c2cc(N)cc(C(F)(F)F)c2)cn1.Cc1cn(-c2cc(NC(=O)c3ccc(C)c(I)c3)cc(C(F)(F)F)c2)cn1. The number of aromatic carboxylic acids is 1. The molecule has 0 bridgehead atoms. The average Bonchev–Trinajstić information content (AvgIpc) is 3.74. The molecule has 55 heavy (non-hydrogen) atoms. The first-order valence-corrected chi connectivity index (χ1v) is 18.1. The van der Waals surface area contributed by atoms with E-state index < -0.39 is 35.4 Å². The number of benzene rings is 4. The van der Waals surface area contributed by atoms with Crippen molar-refractivity contribution >= 4 is 68.4 Å². The zero-order chi connectivity index (χ0) is 40.8. The molecule has 6 aromatic rings. The number of amides is 1. The van der Waals surface area contributed by atoms with Gasteiger partial charge in [-0.1, -0.05) is 12.1 Å². The molecule has 0 aliphatic heterocycles. The van der Waals surface area contributed by atoms with Gasteiger partial charge in [-0.2, -0.15) is 26.3 Å². The van der Waals surface area contributed by atoms with E-state index >= 15 is 0 Å². The summed E-state index contributed by atoms with van der Waals surface area (Å²) < 4.78 is 82.5. The van der Waals surface area contributed by atoms with Crippen LogP contribution in [0.4, 0.5) is 37.7 Å². The molecule has 17 heteroatoms. The number of carbonyl (C=O) groups excluding carboxylic acids is 1. The lowest BCUT2D eigenvalue weighted by Gasteiger charge is -2.14. The van der Waals surface area contributed by atoms with Crippen molar-refractivity contribution in [1.82, 2.24) is 19.1 Å². The van der Waals surface area contributed by atoms with Gasteiger partial charge in [-0.05, 0) is 145 Å². The Morgan fingerprint density at radius 1 is 0.673 bits per heavy atom. The van der Waals surface area contributed by atoms with Crippen molar-refractivity contribution in [2.75, 3.05) is 11.1 Å². The molecule has 2 heterocycles. The number of hydrogen-bond acceptors (Lipinski definition) is 5. The Labute approximate surface area is 338 Å². The fraction of sp³-hybridized carbons (Fsp3) is 0.158. The number of halogens is 8. The van der Waals surface area contributed by atoms with Crippen LogP contribution in [0, 0.1) is 34.8 Å². The second kappa shape index (κ2) is 17.7. The third kappa shape index (κ3) is 12.0. The number of nitrogens with two attached hydrogens (primary N) is 1. The summed E-state index contributed by atoms with van der Waals surface area (Å²) in [5, 5.41) is 11.2. The summed E-state index contributed by atoms with van der Waals surface area (Å²) in [4.78, 5) is 30.9. The Kier molecular flexibility index (Phi) is 13.8. The monoisotopic (exact) mass is 988 g/mol. The molecule has 4 N–H and O–H groups in total. The molecule has 0 radical (unpaired) electrons. The maximum absolute atomic E-state index is 13.3. The number of imidazole rings is 2. The number of alkyl halides is 6. The van der Waals surface area contributed by atoms with Crippen molar-refractivity contribution in [3.05, 3.63) is 150 Å². The minimum atomic E-state index is -4.54. The van der Waals surface area contributed by atoms with Crippen LogP contribution in [0.25, 0.3) is 11.4 Å². The van der Waals surface area contributed by atoms with E-state index in [0.29, 0.717) is 22.5 Å². The molecule has 0 unspecified atom stereocenters. The van der Waals surface area contributed by atoms with Crippen LogP contribution < -0.4 is 11.1 Å². The van der Waals surface area contributed by atoms with E-state index in [1.165, 1.54) is 33.9 Å². The second-order valence-electron chi connectivity index (χ2n) is 12.1. The lowest BCUT2D eigenvalue weighted by Crippen LogP contribution is -2.14. The number of nitrogens with one attached hydrogen (secondary N) is 1. The minimum Gasteiger partial charge on any atom is -0.478 e. The predicted octanol–water partition coefficient (Wildman–Crippen LogP) is 10.4. The van der Waals surface area contributed by atoms with E-state index in [1.807, 2.05) is 19.9 Å². The van der Waals surface area contributed by atoms with Gasteiger partial charge in [0.05, 0.1) is 40.7 Å². The topological polar surface area (TPSA) is 128 Å². The van der Waals surface area contributed by atoms with E-state index in [1.54, 1.807) is 56.6 Å². The molecule has 6 rings (SSSR count). The van der Waals surface area contributed by atoms with Gasteiger partial charge < -0.3 is 25.3 Å². The molecule has 0 atom stereocenters. The molecule has 0 saturated heterocycles. The summed E-state index contributed by atoms with van der Waals surface area (Å²) in [5.41, 5.74) is 8.84. The predicted molar refractivity (Wildman–Crippen MR) is 214 cm³/mol. The Balaban J connectivity index is 0.000000204. The van der Waals surface area contributed by atoms with Crippen LogP contribution in [0.3, 0.4) is 0 Å². The summed E-state index contributed by atoms with van der Waals surface area (Å²) >= 11 is 4.23. The summed E-state index contributed by atoms with van der Waals surface area (Å²) in [6, 6.07) is 17.1. The van der Waals surface area contributed by atoms with Crippen molar-refractivity contribution in [1.29, 1.82) is 0 Å². The molecule has 0 fully saturated rings. The second-order valence-corrected chi connectivity index (χ2v) is 14.4. The number of rotatable bonds is 5. The van der Waals surface area contributed by atoms with Crippen LogP contribution in [0.1, 0.15) is 54.4 Å². The van der Waals surface area contributed by atoms with Crippen LogP contribution in [0.5, 0.6) is 0 Å². The van der Waals surface area contributed by atoms with E-state index in [4.69, 9.17) is 10.8 Å². The standard InChI is InChI=1S/C19H15F3IN3O.C11H10F3N3.C8H7IO2/c1-11-3-4-13(5-17(11)23)18(27)25-15-6-14(19(20,21)22)7-16(8-15)26-9-12(2)24-10-26;1-7-5-17(6-16-7)10-3-8(11(12,13)14)2-9(15)4-10;1-5-2-3-6(8(10)11)4-7(5)9/h3-10H,1-2H3,(H,25,27);2-6H,15H2,1H3;2-4H,1H3,(H,10,11). The average molecular weight is 989 g/mol. The Bertz CT molecular complexity index is 2340. The van der Waals surface area contributed by atoms with Crippen molar-refractivity contribution in [2.45, 2.75) is 40.0 Å². The first kappa shape index (κ1) is 42.8. The van der Waals surface area contributed by atoms with E-state index in [-0.39, 0.29) is 17.1 Å². The normalized spacial score (nSPS) is 11.2. The quantitative estimate of drug-likeness (QED) is 0.0897. The Hall–Kier alpha value is -4.92. The first-order valence-electron chi connectivity index (χ1n) is 15.9. The van der Waals surface area contributed by atoms with Crippen molar-refractivity contribution in [3.63, 3.8) is 0 Å². The molecule has 0 saturated carbocycles. The smallest absolute Gasteiger partial charge is 0.416 e. The van der Waals surface area contributed by atoms with Crippen LogP contribution >= 0.6 is 45.2 Å². The highest BCUT2D eigenvalue weighted by molar-refractivity contribution is 14.1. The third-order valence-electron chi connectivity index (χ3n) is 7.64. The number of carboxylic acid groups (broad SMARTS) is 1. The van der Waals surface area contributed by atoms with Gasteiger partial charge in [0.15, 0.2) is 0 Å². The highest BCUT2D eigenvalue weighted by Crippen LogP contribution is 2.34. The molecular formula is C38H32F6I2N6O3. The van der Waals surface area contributed by atoms with Crippen LogP contribution in [-0.2, 0) is 12.4 Å². The number of hydrogen-bond donors (Lipinski definition) is 3. The maximum atomic E-state index is 13.3. The summed E-state index contributed by atoms with van der Waals surface area (Å²) in [5.74, 6) is -1.34. The van der Waals surface area contributed by atoms with Crippen molar-refractivity contribution in [2.24, 2.45) is 0 Å². The molecule has 0 aliphatic rings. The van der Waals surface area contributed by atoms with Gasteiger partial charge in [0, 0.05) is 47.8 Å². The lowest BCUT2D eigenvalue weighted by atomic mass is 10.1. The van der Waals surface area contributed by atoms with Gasteiger partial charge >= 0.3 is 18.3 Å². The number of nitrogens with zero attached hydrogens (tertiary/aromatic N) is 4. The van der Waals surface area contributed by atoms with Crippen LogP contribution in [0.15, 0.2) is 97.8 Å². The van der Waals surface area contributed by atoms with Crippen LogP contribution in [0.2, 0.25) is 0 Å². The van der Waals surface area contributed by atoms with Gasteiger partial charge in [0.1, 0.15) is 0 Å². The fourth-order valence-electron chi connectivity index (χ4n) is 4.73. The summed E-state index contributed by atoms with van der Waals surface area (Å²) in [6.45, 7) is 7.36. The largest absolute Gasteiger partial charge is 0.478 e. The molecule has 4 aromatic carbocycles. The molecule has 2 aromatic heterocycles. The highest BCUT2D eigenvalue weighted by atomic mass is 127. The van der Waals surface area contributed by atoms with E-state index in [2.05, 4.69) is 60.5 Å². The number of carboxylic acids is 1. The van der Waals surface area contributed by atoms with Gasteiger partial charge in [-0.25, -0.2) is 14.8 Å². The van der Waals surface area contributed by atoms with Gasteiger partial charge in [-0.3, -0.25) is 4.79 Å². The Morgan fingerprint density at radius 3 is 1.56 bits per heavy atom. The summed E-state index contributed by atoms with van der Waals surface area (Å²) in [7, 11) is 0. The molecule has 0 spiro atoms. The van der Waals surface area contributed by atoms with Gasteiger partial charge in [0.2, 0.25) is 0 Å². The van der Waals surface area contributed by atoms with Crippen molar-refractivity contribution in [3.8, 4) is 11.4 Å². The fourth-order valence-corrected chi connectivity index (χ4v) is 5.76. The zero-order valence-electron chi connectivity index (χ0n) is 29.4. The molecule has 1 amide bonds. The molecule has 9 nitrogen and oxygen atoms in total. The molecule has 288 valence electrons. The highest BCUT2D eigenvalue weighted by Gasteiger charge is 2.32. The number of nitrogen functional groups attached to an aromatic ring is 1. The minimum absolute atomic E-state index is 0.0618. The number of carbonyl (C=O) groups is 2. The van der Waals surface area contributed by atoms with E-state index in [9.17, 15) is 35.9 Å². The third-order valence-corrected chi connectivity index (χ3v) is 9.97. The zero-order valence-corrected chi connectivity index (χ0v) is 33.7. The number of aryl methyl sites for hydroxylation is 4. The Morgan fingerprint density at radius 2 is 1.13 bits per heavy atom. The molecular weight excluding hydrogens is 956 g/mol. The van der Waals surface area contributed by atoms with Crippen LogP contribution in [-0.4, -0.2) is 36.1 Å². The summed E-state index contributed by atoms with van der Waals surface area (Å²) in [6.07, 6.45) is -2.81. The van der Waals surface area contributed by atoms with E-state index in [0.717, 1.165) is 48.2 Å². The lowest BCUT2D eigenvalue weighted by molar-refractivity contribution is -0.138. The van der Waals surface area contributed by atoms with Gasteiger partial charge in [-0.15, -0.1) is 0 Å². The number of aromatic nitrogens is 4. The maximum Gasteiger partial charge on any atom is 0.416 e. The van der Waals surface area contributed by atoms with Gasteiger partial charge in [0.25, 0.3) is 5.91 Å².